The van der Waals surface area contributed by atoms with Gasteiger partial charge < -0.3 is 4.74 Å². The molecular formula is C13H20O. The van der Waals surface area contributed by atoms with Gasteiger partial charge in [-0.05, 0) is 12.5 Å². The maximum absolute atomic E-state index is 5.50. The lowest BCUT2D eigenvalue weighted by molar-refractivity contribution is 0.328. The first-order valence-corrected chi connectivity index (χ1v) is 5.55. The zero-order chi connectivity index (χ0) is 10.4. The van der Waals surface area contributed by atoms with Gasteiger partial charge in [0.15, 0.2) is 0 Å². The molecule has 0 fully saturated rings. The first-order valence-electron chi connectivity index (χ1n) is 5.55. The van der Waals surface area contributed by atoms with Crippen molar-refractivity contribution in [2.24, 2.45) is 0 Å². The van der Waals surface area contributed by atoms with Crippen LogP contribution >= 0.6 is 0 Å². The molecule has 1 heterocycles. The van der Waals surface area contributed by atoms with Crippen LogP contribution in [0.4, 0.5) is 0 Å². The summed E-state index contributed by atoms with van der Waals surface area (Å²) in [7, 11) is 0. The predicted octanol–water partition coefficient (Wildman–Crippen LogP) is 3.99. The second-order valence-electron chi connectivity index (χ2n) is 3.66. The molecule has 2 rings (SSSR count). The van der Waals surface area contributed by atoms with Crippen LogP contribution in [0.5, 0.6) is 5.75 Å². The van der Waals surface area contributed by atoms with Gasteiger partial charge in [0.25, 0.3) is 0 Å². The van der Waals surface area contributed by atoms with Gasteiger partial charge in [-0.15, -0.1) is 0 Å². The van der Waals surface area contributed by atoms with Gasteiger partial charge >= 0.3 is 0 Å². The molecule has 0 spiro atoms. The summed E-state index contributed by atoms with van der Waals surface area (Å²) in [5.74, 6) is 1.71. The molecule has 1 nitrogen and oxygen atoms in total. The minimum absolute atomic E-state index is 0.631. The third-order valence-electron chi connectivity index (χ3n) is 2.29. The van der Waals surface area contributed by atoms with Gasteiger partial charge in [0.1, 0.15) is 5.75 Å². The molecule has 14 heavy (non-hydrogen) atoms. The molecule has 0 bridgehead atoms. The lowest BCUT2D eigenvalue weighted by Crippen LogP contribution is -1.97. The number of ether oxygens (including phenoxy) is 1. The highest BCUT2D eigenvalue weighted by molar-refractivity contribution is 5.39. The number of rotatable bonds is 1. The van der Waals surface area contributed by atoms with Crippen LogP contribution in [0.3, 0.4) is 0 Å². The van der Waals surface area contributed by atoms with E-state index < -0.39 is 0 Å². The van der Waals surface area contributed by atoms with Crippen molar-refractivity contribution in [1.82, 2.24) is 0 Å². The van der Waals surface area contributed by atoms with Gasteiger partial charge in [-0.1, -0.05) is 45.4 Å². The van der Waals surface area contributed by atoms with Crippen molar-refractivity contribution < 1.29 is 4.74 Å². The molecule has 0 N–H and O–H groups in total. The van der Waals surface area contributed by atoms with Crippen LogP contribution in [0.1, 0.15) is 45.1 Å². The summed E-state index contributed by atoms with van der Waals surface area (Å²) in [5.41, 5.74) is 1.38. The molecule has 0 aliphatic carbocycles. The van der Waals surface area contributed by atoms with E-state index in [4.69, 9.17) is 4.74 Å². The van der Waals surface area contributed by atoms with Gasteiger partial charge in [0, 0.05) is 11.5 Å². The summed E-state index contributed by atoms with van der Waals surface area (Å²) in [6.45, 7) is 7.33. The van der Waals surface area contributed by atoms with E-state index in [0.29, 0.717) is 5.92 Å². The highest BCUT2D eigenvalue weighted by atomic mass is 16.5. The van der Waals surface area contributed by atoms with E-state index in [9.17, 15) is 0 Å². The van der Waals surface area contributed by atoms with Gasteiger partial charge in [-0.2, -0.15) is 0 Å². The second kappa shape index (κ2) is 5.69. The van der Waals surface area contributed by atoms with Crippen molar-refractivity contribution in [2.75, 3.05) is 6.61 Å². The Morgan fingerprint density at radius 2 is 1.86 bits per heavy atom. The van der Waals surface area contributed by atoms with E-state index >= 15 is 0 Å². The molecule has 0 radical (unpaired) electrons. The van der Waals surface area contributed by atoms with Crippen molar-refractivity contribution in [3.63, 3.8) is 0 Å². The van der Waals surface area contributed by atoms with Crippen molar-refractivity contribution in [2.45, 2.75) is 39.5 Å². The minimum atomic E-state index is 0.631. The molecule has 78 valence electrons. The molecule has 1 aromatic rings. The van der Waals surface area contributed by atoms with E-state index in [-0.39, 0.29) is 0 Å². The molecular weight excluding hydrogens is 172 g/mol. The smallest absolute Gasteiger partial charge is 0.122 e. The Morgan fingerprint density at radius 1 is 1.21 bits per heavy atom. The van der Waals surface area contributed by atoms with Crippen LogP contribution in [0.25, 0.3) is 0 Å². The summed E-state index contributed by atoms with van der Waals surface area (Å²) < 4.78 is 5.50. The van der Waals surface area contributed by atoms with Crippen molar-refractivity contribution in [3.8, 4) is 5.75 Å². The number of hydrogen-bond acceptors (Lipinski definition) is 1. The van der Waals surface area contributed by atoms with Gasteiger partial charge in [-0.3, -0.25) is 0 Å². The maximum Gasteiger partial charge on any atom is 0.122 e. The Bertz CT molecular complexity index is 268. The average molecular weight is 192 g/mol. The van der Waals surface area contributed by atoms with E-state index in [1.165, 1.54) is 18.4 Å². The Hall–Kier alpha value is -0.980. The summed E-state index contributed by atoms with van der Waals surface area (Å²) in [6.07, 6.45) is 2.43. The lowest BCUT2D eigenvalue weighted by atomic mass is 9.99. The molecule has 1 atom stereocenters. The predicted molar refractivity (Wildman–Crippen MR) is 60.9 cm³/mol. The fourth-order valence-electron chi connectivity index (χ4n) is 1.57. The fourth-order valence-corrected chi connectivity index (χ4v) is 1.57. The summed E-state index contributed by atoms with van der Waals surface area (Å²) in [5, 5.41) is 0. The van der Waals surface area contributed by atoms with Gasteiger partial charge in [-0.25, -0.2) is 0 Å². The van der Waals surface area contributed by atoms with E-state index in [1.54, 1.807) is 0 Å². The number of para-hydroxylation sites is 1. The van der Waals surface area contributed by atoms with Crippen molar-refractivity contribution >= 4 is 0 Å². The first-order chi connectivity index (χ1) is 6.83. The lowest BCUT2D eigenvalue weighted by Gasteiger charge is -2.01. The molecule has 1 aliphatic rings. The molecule has 1 aliphatic heterocycles. The zero-order valence-electron chi connectivity index (χ0n) is 9.42. The summed E-state index contributed by atoms with van der Waals surface area (Å²) in [6, 6.07) is 8.31. The normalized spacial score (nSPS) is 17.8. The standard InChI is InChI=1S/C10H12O.C3H8/c1-2-8-7-11-10-6-4-3-5-9(8)10;1-3-2/h3-6,8H,2,7H2,1H3;3H2,1-2H3. The molecule has 0 saturated carbocycles. The molecule has 0 amide bonds. The zero-order valence-corrected chi connectivity index (χ0v) is 9.42. The van der Waals surface area contributed by atoms with Crippen LogP contribution in [0, 0.1) is 0 Å². The van der Waals surface area contributed by atoms with Crippen LogP contribution in [-0.2, 0) is 0 Å². The Kier molecular flexibility index (Phi) is 4.51. The molecule has 1 unspecified atom stereocenters. The van der Waals surface area contributed by atoms with Gasteiger partial charge in [0.05, 0.1) is 6.61 Å². The number of fused-ring (bicyclic) bond motifs is 1. The van der Waals surface area contributed by atoms with Crippen molar-refractivity contribution in [3.05, 3.63) is 29.8 Å². The largest absolute Gasteiger partial charge is 0.493 e. The monoisotopic (exact) mass is 192 g/mol. The Morgan fingerprint density at radius 3 is 2.50 bits per heavy atom. The highest BCUT2D eigenvalue weighted by Gasteiger charge is 2.20. The highest BCUT2D eigenvalue weighted by Crippen LogP contribution is 2.34. The number of benzene rings is 1. The summed E-state index contributed by atoms with van der Waals surface area (Å²) >= 11 is 0. The topological polar surface area (TPSA) is 9.23 Å². The fraction of sp³-hybridized carbons (Fsp3) is 0.538. The van der Waals surface area contributed by atoms with Gasteiger partial charge in [0.2, 0.25) is 0 Å². The third-order valence-corrected chi connectivity index (χ3v) is 2.29. The third kappa shape index (κ3) is 2.50. The Labute approximate surface area is 87.1 Å². The van der Waals surface area contributed by atoms with E-state index in [1.807, 2.05) is 12.1 Å². The van der Waals surface area contributed by atoms with Crippen LogP contribution in [0.2, 0.25) is 0 Å². The van der Waals surface area contributed by atoms with Crippen LogP contribution < -0.4 is 4.74 Å². The van der Waals surface area contributed by atoms with E-state index in [2.05, 4.69) is 32.9 Å². The molecule has 1 heteroatoms. The molecule has 0 aromatic heterocycles. The minimum Gasteiger partial charge on any atom is -0.493 e. The molecule has 0 saturated heterocycles. The second-order valence-corrected chi connectivity index (χ2v) is 3.66. The van der Waals surface area contributed by atoms with Crippen LogP contribution in [-0.4, -0.2) is 6.61 Å². The van der Waals surface area contributed by atoms with E-state index in [0.717, 1.165) is 12.4 Å². The maximum atomic E-state index is 5.50. The Balaban J connectivity index is 0.000000293. The van der Waals surface area contributed by atoms with Crippen LogP contribution in [0.15, 0.2) is 24.3 Å². The molecule has 1 aromatic carbocycles. The number of hydrogen-bond donors (Lipinski definition) is 0. The summed E-state index contributed by atoms with van der Waals surface area (Å²) in [4.78, 5) is 0. The average Bonchev–Trinajstić information content (AvgIpc) is 2.62. The first kappa shape index (κ1) is 11.1. The quantitative estimate of drug-likeness (QED) is 0.653. The SMILES string of the molecule is CCC.CCC1COc2ccccc21. The van der Waals surface area contributed by atoms with Crippen molar-refractivity contribution in [1.29, 1.82) is 0 Å².